The SMILES string of the molecule is COC(=O)C1=C(C)N(c2ccc3c(c2)OCCO3)C(=O)N[C@H]1c1ccc(OC)cc1. The van der Waals surface area contributed by atoms with Crippen molar-refractivity contribution in [3.8, 4) is 17.2 Å². The summed E-state index contributed by atoms with van der Waals surface area (Å²) in [5.74, 6) is 1.33. The van der Waals surface area contributed by atoms with E-state index < -0.39 is 12.0 Å². The lowest BCUT2D eigenvalue weighted by Crippen LogP contribution is -2.48. The van der Waals surface area contributed by atoms with Gasteiger partial charge in [-0.3, -0.25) is 4.90 Å². The summed E-state index contributed by atoms with van der Waals surface area (Å²) in [5.41, 5.74) is 2.12. The molecule has 8 heteroatoms. The maximum Gasteiger partial charge on any atom is 0.337 e. The molecular formula is C22H22N2O6. The average Bonchev–Trinajstić information content (AvgIpc) is 2.78. The van der Waals surface area contributed by atoms with Crippen molar-refractivity contribution < 1.29 is 28.5 Å². The van der Waals surface area contributed by atoms with Gasteiger partial charge in [-0.1, -0.05) is 12.1 Å². The number of fused-ring (bicyclic) bond motifs is 1. The van der Waals surface area contributed by atoms with Gasteiger partial charge in [-0.05, 0) is 36.8 Å². The summed E-state index contributed by atoms with van der Waals surface area (Å²) in [4.78, 5) is 27.2. The Hall–Kier alpha value is -3.68. The minimum absolute atomic E-state index is 0.345. The van der Waals surface area contributed by atoms with E-state index in [1.807, 2.05) is 0 Å². The molecule has 0 fully saturated rings. The van der Waals surface area contributed by atoms with E-state index in [1.165, 1.54) is 12.0 Å². The van der Waals surface area contributed by atoms with Crippen LogP contribution in [0.4, 0.5) is 10.5 Å². The highest BCUT2D eigenvalue weighted by molar-refractivity contribution is 6.03. The van der Waals surface area contributed by atoms with Crippen molar-refractivity contribution in [2.45, 2.75) is 13.0 Å². The van der Waals surface area contributed by atoms with Gasteiger partial charge in [0.15, 0.2) is 11.5 Å². The number of nitrogens with one attached hydrogen (secondary N) is 1. The summed E-state index contributed by atoms with van der Waals surface area (Å²) < 4.78 is 21.4. The number of ether oxygens (including phenoxy) is 4. The summed E-state index contributed by atoms with van der Waals surface area (Å²) in [6.45, 7) is 2.63. The van der Waals surface area contributed by atoms with Crippen LogP contribution in [0, 0.1) is 0 Å². The van der Waals surface area contributed by atoms with Crippen molar-refractivity contribution in [2.24, 2.45) is 0 Å². The highest BCUT2D eigenvalue weighted by Crippen LogP contribution is 2.38. The van der Waals surface area contributed by atoms with E-state index in [4.69, 9.17) is 18.9 Å². The summed E-state index contributed by atoms with van der Waals surface area (Å²) in [6.07, 6.45) is 0. The topological polar surface area (TPSA) is 86.3 Å². The van der Waals surface area contributed by atoms with Crippen LogP contribution in [0.3, 0.4) is 0 Å². The fraction of sp³-hybridized carbons (Fsp3) is 0.273. The Bertz CT molecular complexity index is 1010. The first-order valence-electron chi connectivity index (χ1n) is 9.46. The summed E-state index contributed by atoms with van der Waals surface area (Å²) in [7, 11) is 2.89. The highest BCUT2D eigenvalue weighted by atomic mass is 16.6. The number of hydrogen-bond donors (Lipinski definition) is 1. The molecule has 8 nitrogen and oxygen atoms in total. The van der Waals surface area contributed by atoms with Crippen LogP contribution in [-0.2, 0) is 9.53 Å². The number of carbonyl (C=O) groups excluding carboxylic acids is 2. The lowest BCUT2D eigenvalue weighted by molar-refractivity contribution is -0.136. The quantitative estimate of drug-likeness (QED) is 0.779. The molecule has 0 spiro atoms. The van der Waals surface area contributed by atoms with Crippen LogP contribution in [0.2, 0.25) is 0 Å². The largest absolute Gasteiger partial charge is 0.497 e. The third-order valence-electron chi connectivity index (χ3n) is 5.12. The molecule has 2 heterocycles. The van der Waals surface area contributed by atoms with Crippen molar-refractivity contribution >= 4 is 17.7 Å². The molecular weight excluding hydrogens is 388 g/mol. The fourth-order valence-electron chi connectivity index (χ4n) is 3.65. The second-order valence-electron chi connectivity index (χ2n) is 6.81. The number of carbonyl (C=O) groups is 2. The molecule has 4 rings (SSSR count). The van der Waals surface area contributed by atoms with Gasteiger partial charge in [0.05, 0.1) is 31.5 Å². The monoisotopic (exact) mass is 410 g/mol. The van der Waals surface area contributed by atoms with Crippen LogP contribution < -0.4 is 24.4 Å². The lowest BCUT2D eigenvalue weighted by atomic mass is 9.94. The number of esters is 1. The molecule has 0 aliphatic carbocycles. The molecule has 2 amide bonds. The lowest BCUT2D eigenvalue weighted by Gasteiger charge is -2.35. The fourth-order valence-corrected chi connectivity index (χ4v) is 3.65. The third-order valence-corrected chi connectivity index (χ3v) is 5.12. The number of hydrogen-bond acceptors (Lipinski definition) is 6. The zero-order chi connectivity index (χ0) is 21.3. The second-order valence-corrected chi connectivity index (χ2v) is 6.81. The molecule has 0 saturated carbocycles. The molecule has 2 aromatic rings. The van der Waals surface area contributed by atoms with Gasteiger partial charge < -0.3 is 24.3 Å². The Morgan fingerprint density at radius 1 is 1.07 bits per heavy atom. The number of benzene rings is 2. The van der Waals surface area contributed by atoms with Gasteiger partial charge in [0.1, 0.15) is 19.0 Å². The zero-order valence-corrected chi connectivity index (χ0v) is 16.9. The first-order valence-corrected chi connectivity index (χ1v) is 9.46. The number of urea groups is 1. The number of anilines is 1. The summed E-state index contributed by atoms with van der Waals surface area (Å²) in [6, 6.07) is 11.4. The molecule has 0 saturated heterocycles. The van der Waals surface area contributed by atoms with E-state index in [2.05, 4.69) is 5.32 Å². The van der Waals surface area contributed by atoms with Crippen molar-refractivity contribution in [1.29, 1.82) is 0 Å². The Balaban J connectivity index is 1.78. The number of rotatable bonds is 4. The van der Waals surface area contributed by atoms with Gasteiger partial charge in [0, 0.05) is 11.8 Å². The van der Waals surface area contributed by atoms with E-state index >= 15 is 0 Å². The predicted octanol–water partition coefficient (Wildman–Crippen LogP) is 3.18. The van der Waals surface area contributed by atoms with Crippen LogP contribution in [0.5, 0.6) is 17.2 Å². The predicted molar refractivity (Wildman–Crippen MR) is 109 cm³/mol. The number of allylic oxidation sites excluding steroid dienone is 1. The van der Waals surface area contributed by atoms with Gasteiger partial charge in [-0.15, -0.1) is 0 Å². The smallest absolute Gasteiger partial charge is 0.337 e. The van der Waals surface area contributed by atoms with E-state index in [-0.39, 0.29) is 6.03 Å². The summed E-state index contributed by atoms with van der Waals surface area (Å²) >= 11 is 0. The molecule has 0 bridgehead atoms. The van der Waals surface area contributed by atoms with Crippen molar-refractivity contribution in [2.75, 3.05) is 32.3 Å². The van der Waals surface area contributed by atoms with Crippen molar-refractivity contribution in [3.63, 3.8) is 0 Å². The Kier molecular flexibility index (Phi) is 5.22. The summed E-state index contributed by atoms with van der Waals surface area (Å²) in [5, 5.41) is 2.91. The molecule has 0 unspecified atom stereocenters. The van der Waals surface area contributed by atoms with Gasteiger partial charge in [-0.2, -0.15) is 0 Å². The maximum absolute atomic E-state index is 13.1. The van der Waals surface area contributed by atoms with Gasteiger partial charge in [-0.25, -0.2) is 9.59 Å². The number of methoxy groups -OCH3 is 2. The van der Waals surface area contributed by atoms with Gasteiger partial charge in [0.2, 0.25) is 0 Å². The van der Waals surface area contributed by atoms with E-state index in [9.17, 15) is 9.59 Å². The Morgan fingerprint density at radius 2 is 1.77 bits per heavy atom. The molecule has 2 aliphatic heterocycles. The third kappa shape index (κ3) is 3.41. The van der Waals surface area contributed by atoms with Gasteiger partial charge in [0.25, 0.3) is 0 Å². The Labute approximate surface area is 174 Å². The molecule has 2 aliphatic rings. The number of amides is 2. The maximum atomic E-state index is 13.1. The average molecular weight is 410 g/mol. The molecule has 1 N–H and O–H groups in total. The second kappa shape index (κ2) is 7.98. The zero-order valence-electron chi connectivity index (χ0n) is 16.9. The molecule has 0 aromatic heterocycles. The van der Waals surface area contributed by atoms with Crippen LogP contribution in [-0.4, -0.2) is 39.4 Å². The van der Waals surface area contributed by atoms with Crippen LogP contribution in [0.1, 0.15) is 18.5 Å². The molecule has 156 valence electrons. The first kappa shape index (κ1) is 19.6. The highest BCUT2D eigenvalue weighted by Gasteiger charge is 2.37. The van der Waals surface area contributed by atoms with Crippen molar-refractivity contribution in [1.82, 2.24) is 5.32 Å². The first-order chi connectivity index (χ1) is 14.5. The van der Waals surface area contributed by atoms with Gasteiger partial charge >= 0.3 is 12.0 Å². The molecule has 30 heavy (non-hydrogen) atoms. The number of nitrogens with zero attached hydrogens (tertiary/aromatic N) is 1. The standard InChI is InChI=1S/C22H22N2O6/c1-13-19(21(25)28-3)20(14-4-7-16(27-2)8-5-14)23-22(26)24(13)15-6-9-17-18(12-15)30-11-10-29-17/h4-9,12,20H,10-11H2,1-3H3,(H,23,26)/t20-/m0/s1. The Morgan fingerprint density at radius 3 is 2.43 bits per heavy atom. The van der Waals surface area contributed by atoms with E-state index in [0.29, 0.717) is 47.4 Å². The molecule has 2 aromatic carbocycles. The minimum atomic E-state index is -0.649. The molecule has 1 atom stereocenters. The minimum Gasteiger partial charge on any atom is -0.497 e. The van der Waals surface area contributed by atoms with E-state index in [1.54, 1.807) is 56.5 Å². The normalized spacial score (nSPS) is 18.0. The van der Waals surface area contributed by atoms with Crippen LogP contribution in [0.25, 0.3) is 0 Å². The van der Waals surface area contributed by atoms with Crippen LogP contribution >= 0.6 is 0 Å². The van der Waals surface area contributed by atoms with Crippen molar-refractivity contribution in [3.05, 3.63) is 59.3 Å². The van der Waals surface area contributed by atoms with Crippen LogP contribution in [0.15, 0.2) is 53.7 Å². The molecule has 0 radical (unpaired) electrons. The van der Waals surface area contributed by atoms with E-state index in [0.717, 1.165) is 5.56 Å².